The van der Waals surface area contributed by atoms with E-state index in [0.29, 0.717) is 54.6 Å². The highest BCUT2D eigenvalue weighted by Crippen LogP contribution is 2.37. The maximum absolute atomic E-state index is 14.1. The molecule has 1 atom stereocenters. The molecule has 1 amide bonds. The highest BCUT2D eigenvalue weighted by atomic mass is 19.3. The van der Waals surface area contributed by atoms with Crippen LogP contribution in [0.4, 0.5) is 19.4 Å². The van der Waals surface area contributed by atoms with E-state index in [4.69, 9.17) is 14.6 Å². The minimum absolute atomic E-state index is 0.247. The predicted molar refractivity (Wildman–Crippen MR) is 141 cm³/mol. The van der Waals surface area contributed by atoms with Gasteiger partial charge < -0.3 is 24.8 Å². The summed E-state index contributed by atoms with van der Waals surface area (Å²) >= 11 is 0. The van der Waals surface area contributed by atoms with Crippen LogP contribution in [0.3, 0.4) is 0 Å². The van der Waals surface area contributed by atoms with Crippen molar-refractivity contribution in [2.45, 2.75) is 39.2 Å². The molecule has 2 N–H and O–H groups in total. The van der Waals surface area contributed by atoms with Crippen molar-refractivity contribution in [2.24, 2.45) is 0 Å². The third kappa shape index (κ3) is 5.70. The standard InChI is InChI=1S/C28H32F2N4O4/c1-5-38-27(36)34-11-9-19(10-12-34)22-14-23-24(15-25(22)37-4)32-18(3)33-26(23)31-17(2)20-7-6-8-21(13-20)28(29,30)16-35/h6-9,13-15,17,35H,5,10-12,16H2,1-4H3,(H,31,32,33)/t17-/m0/s1. The number of hydrogen-bond donors (Lipinski definition) is 2. The van der Waals surface area contributed by atoms with E-state index in [1.165, 1.54) is 12.1 Å². The minimum atomic E-state index is -3.32. The Kier molecular flexibility index (Phi) is 8.11. The van der Waals surface area contributed by atoms with E-state index < -0.39 is 12.5 Å². The molecule has 1 aromatic heterocycles. The van der Waals surface area contributed by atoms with E-state index in [1.807, 2.05) is 25.1 Å². The van der Waals surface area contributed by atoms with Gasteiger partial charge in [0.25, 0.3) is 5.92 Å². The van der Waals surface area contributed by atoms with Crippen LogP contribution in [0.15, 0.2) is 42.5 Å². The predicted octanol–water partition coefficient (Wildman–Crippen LogP) is 5.45. The molecule has 38 heavy (non-hydrogen) atoms. The van der Waals surface area contributed by atoms with Crippen molar-refractivity contribution in [3.05, 3.63) is 65.0 Å². The van der Waals surface area contributed by atoms with E-state index in [9.17, 15) is 13.6 Å². The number of carbonyl (C=O) groups excluding carboxylic acids is 1. The van der Waals surface area contributed by atoms with Crippen molar-refractivity contribution < 1.29 is 28.2 Å². The third-order valence-electron chi connectivity index (χ3n) is 6.57. The van der Waals surface area contributed by atoms with Gasteiger partial charge in [-0.15, -0.1) is 0 Å². The van der Waals surface area contributed by atoms with Gasteiger partial charge in [0.1, 0.15) is 24.0 Å². The number of methoxy groups -OCH3 is 1. The van der Waals surface area contributed by atoms with Gasteiger partial charge in [-0.3, -0.25) is 0 Å². The molecular formula is C28H32F2N4O4. The largest absolute Gasteiger partial charge is 0.496 e. The Hall–Kier alpha value is -3.79. The number of aryl methyl sites for hydroxylation is 1. The molecule has 0 fully saturated rings. The van der Waals surface area contributed by atoms with Crippen molar-refractivity contribution in [1.29, 1.82) is 0 Å². The fourth-order valence-electron chi connectivity index (χ4n) is 4.51. The first-order valence-corrected chi connectivity index (χ1v) is 12.5. The van der Waals surface area contributed by atoms with Crippen LogP contribution >= 0.6 is 0 Å². The molecule has 8 nitrogen and oxygen atoms in total. The zero-order valence-electron chi connectivity index (χ0n) is 21.9. The van der Waals surface area contributed by atoms with E-state index in [1.54, 1.807) is 38.0 Å². The average Bonchev–Trinajstić information content (AvgIpc) is 2.92. The Morgan fingerprint density at radius 2 is 2.05 bits per heavy atom. The molecule has 0 saturated carbocycles. The number of nitrogens with one attached hydrogen (secondary N) is 1. The Morgan fingerprint density at radius 3 is 2.71 bits per heavy atom. The molecule has 0 spiro atoms. The van der Waals surface area contributed by atoms with Crippen molar-refractivity contribution >= 4 is 28.4 Å². The van der Waals surface area contributed by atoms with Crippen LogP contribution in [0.5, 0.6) is 5.75 Å². The summed E-state index contributed by atoms with van der Waals surface area (Å²) in [6, 6.07) is 9.45. The van der Waals surface area contributed by atoms with Gasteiger partial charge in [-0.05, 0) is 50.5 Å². The molecule has 0 radical (unpaired) electrons. The molecule has 1 aliphatic rings. The topological polar surface area (TPSA) is 96.8 Å². The lowest BCUT2D eigenvalue weighted by Crippen LogP contribution is -2.35. The van der Waals surface area contributed by atoms with Gasteiger partial charge in [0.2, 0.25) is 0 Å². The van der Waals surface area contributed by atoms with Crippen LogP contribution in [0.1, 0.15) is 48.8 Å². The van der Waals surface area contributed by atoms with E-state index >= 15 is 0 Å². The van der Waals surface area contributed by atoms with Gasteiger partial charge in [0.15, 0.2) is 0 Å². The second-order valence-corrected chi connectivity index (χ2v) is 9.17. The lowest BCUT2D eigenvalue weighted by molar-refractivity contribution is -0.0556. The highest BCUT2D eigenvalue weighted by molar-refractivity contribution is 5.94. The lowest BCUT2D eigenvalue weighted by Gasteiger charge is -2.26. The second-order valence-electron chi connectivity index (χ2n) is 9.17. The number of ether oxygens (including phenoxy) is 2. The van der Waals surface area contributed by atoms with E-state index in [0.717, 1.165) is 16.5 Å². The molecule has 2 aromatic carbocycles. The van der Waals surface area contributed by atoms with Crippen LogP contribution in [0.25, 0.3) is 16.5 Å². The number of fused-ring (bicyclic) bond motifs is 1. The van der Waals surface area contributed by atoms with Gasteiger partial charge in [0.05, 0.1) is 19.2 Å². The molecule has 4 rings (SSSR count). The number of rotatable bonds is 8. The summed E-state index contributed by atoms with van der Waals surface area (Å²) in [6.45, 7) is 5.44. The highest BCUT2D eigenvalue weighted by Gasteiger charge is 2.31. The zero-order valence-corrected chi connectivity index (χ0v) is 21.9. The van der Waals surface area contributed by atoms with Crippen molar-refractivity contribution in [1.82, 2.24) is 14.9 Å². The number of aliphatic hydroxyl groups is 1. The van der Waals surface area contributed by atoms with E-state index in [2.05, 4.69) is 15.3 Å². The first kappa shape index (κ1) is 27.3. The molecule has 3 aromatic rings. The van der Waals surface area contributed by atoms with Gasteiger partial charge in [0, 0.05) is 41.7 Å². The number of aromatic nitrogens is 2. The third-order valence-corrected chi connectivity index (χ3v) is 6.57. The summed E-state index contributed by atoms with van der Waals surface area (Å²) in [5, 5.41) is 13.2. The number of carbonyl (C=O) groups is 1. The Labute approximate surface area is 220 Å². The van der Waals surface area contributed by atoms with Crippen LogP contribution < -0.4 is 10.1 Å². The van der Waals surface area contributed by atoms with Crippen molar-refractivity contribution in [3.8, 4) is 5.75 Å². The molecule has 0 unspecified atom stereocenters. The van der Waals surface area contributed by atoms with Crippen molar-refractivity contribution in [3.63, 3.8) is 0 Å². The SMILES string of the molecule is CCOC(=O)N1CC=C(c2cc3c(N[C@@H](C)c4cccc(C(F)(F)CO)c4)nc(C)nc3cc2OC)CC1. The minimum Gasteiger partial charge on any atom is -0.496 e. The number of benzene rings is 2. The van der Waals surface area contributed by atoms with Crippen LogP contribution in [-0.2, 0) is 10.7 Å². The maximum atomic E-state index is 14.1. The number of alkyl halides is 2. The molecular weight excluding hydrogens is 494 g/mol. The lowest BCUT2D eigenvalue weighted by atomic mass is 9.96. The van der Waals surface area contributed by atoms with Crippen molar-refractivity contribution in [2.75, 3.05) is 38.7 Å². The average molecular weight is 527 g/mol. The first-order valence-electron chi connectivity index (χ1n) is 12.5. The number of anilines is 1. The molecule has 10 heteroatoms. The molecule has 1 aliphatic heterocycles. The second kappa shape index (κ2) is 11.3. The fourth-order valence-corrected chi connectivity index (χ4v) is 4.51. The first-order chi connectivity index (χ1) is 18.2. The Bertz CT molecular complexity index is 1360. The van der Waals surface area contributed by atoms with Crippen LogP contribution in [0.2, 0.25) is 0 Å². The molecule has 0 saturated heterocycles. The van der Waals surface area contributed by atoms with Gasteiger partial charge >= 0.3 is 6.09 Å². The summed E-state index contributed by atoms with van der Waals surface area (Å²) < 4.78 is 39.0. The molecule has 0 aliphatic carbocycles. The summed E-state index contributed by atoms with van der Waals surface area (Å²) in [5.41, 5.74) is 2.96. The fraction of sp³-hybridized carbons (Fsp3) is 0.393. The van der Waals surface area contributed by atoms with E-state index in [-0.39, 0.29) is 17.7 Å². The van der Waals surface area contributed by atoms with Gasteiger partial charge in [-0.2, -0.15) is 8.78 Å². The maximum Gasteiger partial charge on any atom is 0.410 e. The number of nitrogens with zero attached hydrogens (tertiary/aromatic N) is 3. The number of aliphatic hydroxyl groups excluding tert-OH is 1. The molecule has 202 valence electrons. The summed E-state index contributed by atoms with van der Waals surface area (Å²) in [4.78, 5) is 22.9. The Morgan fingerprint density at radius 1 is 1.26 bits per heavy atom. The monoisotopic (exact) mass is 526 g/mol. The zero-order chi connectivity index (χ0) is 27.4. The smallest absolute Gasteiger partial charge is 0.410 e. The van der Waals surface area contributed by atoms with Gasteiger partial charge in [-0.25, -0.2) is 14.8 Å². The normalized spacial score (nSPS) is 14.7. The summed E-state index contributed by atoms with van der Waals surface area (Å²) in [6.07, 6.45) is 2.28. The summed E-state index contributed by atoms with van der Waals surface area (Å²) in [7, 11) is 1.60. The van der Waals surface area contributed by atoms with Crippen LogP contribution in [-0.4, -0.2) is 59.5 Å². The molecule has 2 heterocycles. The van der Waals surface area contributed by atoms with Gasteiger partial charge in [-0.1, -0.05) is 24.3 Å². The summed E-state index contributed by atoms with van der Waals surface area (Å²) in [5.74, 6) is -1.56. The number of hydrogen-bond acceptors (Lipinski definition) is 7. The van der Waals surface area contributed by atoms with Crippen LogP contribution in [0, 0.1) is 6.92 Å². The molecule has 0 bridgehead atoms. The Balaban J connectivity index is 1.69. The number of amides is 1. The quantitative estimate of drug-likeness (QED) is 0.403. The number of halogens is 2.